The smallest absolute Gasteiger partial charge is 0.201 e. The van der Waals surface area contributed by atoms with E-state index in [4.69, 9.17) is 5.73 Å². The van der Waals surface area contributed by atoms with Gasteiger partial charge in [0.2, 0.25) is 5.95 Å². The summed E-state index contributed by atoms with van der Waals surface area (Å²) in [6.45, 7) is 4.54. The minimum atomic E-state index is -0.261. The number of imidazole rings is 1. The third-order valence-electron chi connectivity index (χ3n) is 4.72. The maximum atomic E-state index is 13.3. The van der Waals surface area contributed by atoms with Gasteiger partial charge in [-0.15, -0.1) is 0 Å². The van der Waals surface area contributed by atoms with Gasteiger partial charge in [-0.3, -0.25) is 0 Å². The van der Waals surface area contributed by atoms with Crippen LogP contribution < -0.4 is 5.73 Å². The van der Waals surface area contributed by atoms with E-state index in [1.807, 2.05) is 0 Å². The van der Waals surface area contributed by atoms with Gasteiger partial charge in [0.05, 0.1) is 11.0 Å². The van der Waals surface area contributed by atoms with Crippen LogP contribution in [-0.4, -0.2) is 9.55 Å². The van der Waals surface area contributed by atoms with Gasteiger partial charge in [0.1, 0.15) is 5.82 Å². The molecule has 0 saturated heterocycles. The molecule has 0 radical (unpaired) electrons. The van der Waals surface area contributed by atoms with E-state index in [1.54, 1.807) is 6.07 Å². The van der Waals surface area contributed by atoms with Gasteiger partial charge in [-0.2, -0.15) is 0 Å². The molecule has 102 valence electrons. The maximum absolute atomic E-state index is 13.3. The Kier molecular flexibility index (Phi) is 2.96. The molecule has 4 heteroatoms. The van der Waals surface area contributed by atoms with Crippen LogP contribution >= 0.6 is 0 Å². The minimum absolute atomic E-state index is 0.261. The predicted molar refractivity (Wildman–Crippen MR) is 75.3 cm³/mol. The average Bonchev–Trinajstić information content (AvgIpc) is 2.88. The summed E-state index contributed by atoms with van der Waals surface area (Å²) in [7, 11) is 0. The highest BCUT2D eigenvalue weighted by Crippen LogP contribution is 2.43. The monoisotopic (exact) mass is 261 g/mol. The number of hydrogen-bond acceptors (Lipinski definition) is 2. The lowest BCUT2D eigenvalue weighted by Crippen LogP contribution is -2.17. The van der Waals surface area contributed by atoms with Crippen LogP contribution in [0.3, 0.4) is 0 Å². The Hall–Kier alpha value is -1.58. The van der Waals surface area contributed by atoms with Gasteiger partial charge in [-0.25, -0.2) is 9.37 Å². The number of benzene rings is 1. The highest BCUT2D eigenvalue weighted by molar-refractivity contribution is 5.78. The van der Waals surface area contributed by atoms with Crippen molar-refractivity contribution in [1.82, 2.24) is 9.55 Å². The summed E-state index contributed by atoms with van der Waals surface area (Å²) in [6, 6.07) is 5.12. The van der Waals surface area contributed by atoms with Crippen LogP contribution in [-0.2, 0) is 0 Å². The van der Waals surface area contributed by atoms with Gasteiger partial charge in [0.25, 0.3) is 0 Å². The molecule has 3 atom stereocenters. The molecule has 19 heavy (non-hydrogen) atoms. The summed E-state index contributed by atoms with van der Waals surface area (Å²) in [5.74, 6) is 1.59. The molecule has 1 aromatic heterocycles. The minimum Gasteiger partial charge on any atom is -0.369 e. The molecule has 0 spiro atoms. The molecular weight excluding hydrogens is 241 g/mol. The van der Waals surface area contributed by atoms with Crippen molar-refractivity contribution in [2.75, 3.05) is 5.73 Å². The molecule has 1 fully saturated rings. The predicted octanol–water partition coefficient (Wildman–Crippen LogP) is 3.75. The second kappa shape index (κ2) is 4.51. The average molecular weight is 261 g/mol. The van der Waals surface area contributed by atoms with Crippen molar-refractivity contribution in [1.29, 1.82) is 0 Å². The molecular formula is C15H20FN3. The maximum Gasteiger partial charge on any atom is 0.201 e. The second-order valence-electron chi connectivity index (χ2n) is 5.65. The largest absolute Gasteiger partial charge is 0.369 e. The number of hydrogen-bond donors (Lipinski definition) is 1. The Morgan fingerprint density at radius 1 is 1.42 bits per heavy atom. The van der Waals surface area contributed by atoms with E-state index in [0.29, 0.717) is 23.4 Å². The fourth-order valence-electron chi connectivity index (χ4n) is 3.60. The van der Waals surface area contributed by atoms with E-state index in [0.717, 1.165) is 17.9 Å². The van der Waals surface area contributed by atoms with Crippen molar-refractivity contribution in [3.8, 4) is 0 Å². The first kappa shape index (κ1) is 12.5. The topological polar surface area (TPSA) is 43.8 Å². The first-order chi connectivity index (χ1) is 9.11. The zero-order valence-corrected chi connectivity index (χ0v) is 11.4. The van der Waals surface area contributed by atoms with Crippen molar-refractivity contribution in [2.45, 2.75) is 39.2 Å². The Balaban J connectivity index is 2.08. The Bertz CT molecular complexity index is 605. The van der Waals surface area contributed by atoms with Crippen molar-refractivity contribution in [3.05, 3.63) is 24.0 Å². The first-order valence-corrected chi connectivity index (χ1v) is 7.04. The summed E-state index contributed by atoms with van der Waals surface area (Å²) in [5.41, 5.74) is 7.67. The molecule has 0 aliphatic heterocycles. The van der Waals surface area contributed by atoms with E-state index < -0.39 is 0 Å². The molecule has 1 heterocycles. The molecule has 0 amide bonds. The lowest BCUT2D eigenvalue weighted by atomic mass is 9.93. The number of nitrogens with two attached hydrogens (primary N) is 1. The van der Waals surface area contributed by atoms with E-state index >= 15 is 0 Å². The first-order valence-electron chi connectivity index (χ1n) is 7.04. The lowest BCUT2D eigenvalue weighted by Gasteiger charge is -2.22. The Morgan fingerprint density at radius 2 is 2.21 bits per heavy atom. The summed E-state index contributed by atoms with van der Waals surface area (Å²) >= 11 is 0. The number of anilines is 1. The number of nitrogens with zero attached hydrogens (tertiary/aromatic N) is 2. The molecule has 3 unspecified atom stereocenters. The van der Waals surface area contributed by atoms with Crippen LogP contribution in [0.4, 0.5) is 10.3 Å². The van der Waals surface area contributed by atoms with Crippen LogP contribution in [0.1, 0.15) is 39.2 Å². The van der Waals surface area contributed by atoms with E-state index in [-0.39, 0.29) is 5.82 Å². The van der Waals surface area contributed by atoms with E-state index in [2.05, 4.69) is 23.4 Å². The Labute approximate surface area is 112 Å². The zero-order chi connectivity index (χ0) is 13.6. The number of rotatable bonds is 2. The molecule has 2 N–H and O–H groups in total. The van der Waals surface area contributed by atoms with Gasteiger partial charge in [0, 0.05) is 12.1 Å². The van der Waals surface area contributed by atoms with Crippen LogP contribution in [0.2, 0.25) is 0 Å². The number of aromatic nitrogens is 2. The third-order valence-corrected chi connectivity index (χ3v) is 4.72. The molecule has 0 bridgehead atoms. The van der Waals surface area contributed by atoms with Crippen molar-refractivity contribution in [3.63, 3.8) is 0 Å². The third kappa shape index (κ3) is 1.90. The molecule has 1 aliphatic carbocycles. The lowest BCUT2D eigenvalue weighted by molar-refractivity contribution is 0.336. The van der Waals surface area contributed by atoms with Gasteiger partial charge in [0.15, 0.2) is 0 Å². The fourth-order valence-corrected chi connectivity index (χ4v) is 3.60. The highest BCUT2D eigenvalue weighted by Gasteiger charge is 2.34. The van der Waals surface area contributed by atoms with Crippen molar-refractivity contribution in [2.24, 2.45) is 11.8 Å². The van der Waals surface area contributed by atoms with Crippen LogP contribution in [0.25, 0.3) is 11.0 Å². The SMILES string of the molecule is CCC1CCC(n2c(N)nc3cc(F)ccc32)C1C. The molecule has 3 nitrogen and oxygen atoms in total. The van der Waals surface area contributed by atoms with Crippen LogP contribution in [0, 0.1) is 17.7 Å². The molecule has 1 aromatic carbocycles. The summed E-state index contributed by atoms with van der Waals surface area (Å²) in [6.07, 6.45) is 3.58. The van der Waals surface area contributed by atoms with Gasteiger partial charge < -0.3 is 10.3 Å². The summed E-state index contributed by atoms with van der Waals surface area (Å²) in [4.78, 5) is 4.30. The zero-order valence-electron chi connectivity index (χ0n) is 11.4. The van der Waals surface area contributed by atoms with Gasteiger partial charge in [-0.1, -0.05) is 20.3 Å². The van der Waals surface area contributed by atoms with Crippen LogP contribution in [0.15, 0.2) is 18.2 Å². The number of halogens is 1. The summed E-state index contributed by atoms with van der Waals surface area (Å²) in [5, 5.41) is 0. The standard InChI is InChI=1S/C15H20FN3/c1-3-10-4-6-13(9(10)2)19-14-7-5-11(16)8-12(14)18-15(19)17/h5,7-10,13H,3-4,6H2,1-2H3,(H2,17,18). The quantitative estimate of drug-likeness (QED) is 0.894. The number of nitrogen functional groups attached to an aromatic ring is 1. The Morgan fingerprint density at radius 3 is 2.89 bits per heavy atom. The second-order valence-corrected chi connectivity index (χ2v) is 5.65. The molecule has 3 rings (SSSR count). The fraction of sp³-hybridized carbons (Fsp3) is 0.533. The van der Waals surface area contributed by atoms with E-state index in [9.17, 15) is 4.39 Å². The van der Waals surface area contributed by atoms with E-state index in [1.165, 1.54) is 25.0 Å². The summed E-state index contributed by atoms with van der Waals surface area (Å²) < 4.78 is 15.4. The van der Waals surface area contributed by atoms with Gasteiger partial charge in [-0.05, 0) is 36.8 Å². The normalized spacial score (nSPS) is 27.2. The molecule has 1 aliphatic rings. The highest BCUT2D eigenvalue weighted by atomic mass is 19.1. The van der Waals surface area contributed by atoms with Crippen molar-refractivity contribution < 1.29 is 4.39 Å². The van der Waals surface area contributed by atoms with Gasteiger partial charge >= 0.3 is 0 Å². The van der Waals surface area contributed by atoms with Crippen LogP contribution in [0.5, 0.6) is 0 Å². The molecule has 2 aromatic rings. The number of fused-ring (bicyclic) bond motifs is 1. The molecule has 1 saturated carbocycles. The van der Waals surface area contributed by atoms with Crippen molar-refractivity contribution >= 4 is 17.0 Å².